The Bertz CT molecular complexity index is 1170. The van der Waals surface area contributed by atoms with Crippen molar-refractivity contribution in [2.24, 2.45) is 0 Å². The fraction of sp³-hybridized carbons (Fsp3) is 0.208. The molecule has 0 aromatic heterocycles. The van der Waals surface area contributed by atoms with Crippen LogP contribution in [0.1, 0.15) is 11.1 Å². The molecule has 0 saturated heterocycles. The van der Waals surface area contributed by atoms with E-state index in [0.717, 1.165) is 15.6 Å². The lowest BCUT2D eigenvalue weighted by molar-refractivity contribution is -0.119. The van der Waals surface area contributed by atoms with Gasteiger partial charge in [0.1, 0.15) is 18.9 Å². The highest BCUT2D eigenvalue weighted by atomic mass is 35.5. The second-order valence-corrected chi connectivity index (χ2v) is 9.54. The summed E-state index contributed by atoms with van der Waals surface area (Å²) in [5, 5.41) is 3.19. The van der Waals surface area contributed by atoms with Crippen LogP contribution < -0.4 is 14.4 Å². The zero-order valence-electron chi connectivity index (χ0n) is 17.9. The minimum Gasteiger partial charge on any atom is -0.492 e. The largest absolute Gasteiger partial charge is 0.492 e. The van der Waals surface area contributed by atoms with Crippen LogP contribution in [0.2, 0.25) is 5.02 Å². The first kappa shape index (κ1) is 23.6. The van der Waals surface area contributed by atoms with Crippen LogP contribution in [-0.2, 0) is 14.8 Å². The van der Waals surface area contributed by atoms with Gasteiger partial charge in [0.15, 0.2) is 0 Å². The van der Waals surface area contributed by atoms with Gasteiger partial charge in [-0.05, 0) is 73.5 Å². The molecule has 168 valence electrons. The van der Waals surface area contributed by atoms with Crippen molar-refractivity contribution in [3.05, 3.63) is 88.9 Å². The summed E-state index contributed by atoms with van der Waals surface area (Å²) in [6, 6.07) is 20.1. The van der Waals surface area contributed by atoms with Gasteiger partial charge in [-0.2, -0.15) is 0 Å². The minimum absolute atomic E-state index is 0.0980. The van der Waals surface area contributed by atoms with Gasteiger partial charge in [-0.15, -0.1) is 0 Å². The third-order valence-electron chi connectivity index (χ3n) is 4.90. The van der Waals surface area contributed by atoms with Crippen LogP contribution in [-0.4, -0.2) is 34.0 Å². The van der Waals surface area contributed by atoms with E-state index in [9.17, 15) is 13.2 Å². The van der Waals surface area contributed by atoms with Gasteiger partial charge in [0.2, 0.25) is 5.91 Å². The monoisotopic (exact) mass is 472 g/mol. The zero-order chi connectivity index (χ0) is 23.1. The van der Waals surface area contributed by atoms with Gasteiger partial charge < -0.3 is 10.1 Å². The third kappa shape index (κ3) is 6.02. The number of benzene rings is 3. The summed E-state index contributed by atoms with van der Waals surface area (Å²) in [5.74, 6) is 0.278. The number of amides is 1. The second kappa shape index (κ2) is 10.5. The van der Waals surface area contributed by atoms with E-state index >= 15 is 0 Å². The van der Waals surface area contributed by atoms with Crippen LogP contribution in [0.25, 0.3) is 0 Å². The van der Waals surface area contributed by atoms with Crippen LogP contribution in [0.5, 0.6) is 5.75 Å². The molecule has 0 heterocycles. The summed E-state index contributed by atoms with van der Waals surface area (Å²) in [6.07, 6.45) is 0. The topological polar surface area (TPSA) is 75.7 Å². The standard InChI is InChI=1S/C24H25ClN2O4S/c1-18-8-13-22(16-19(18)2)31-15-14-26-24(28)17-27(21-11-9-20(25)10-12-21)32(29,30)23-6-4-3-5-7-23/h3-13,16H,14-15,17H2,1-2H3,(H,26,28). The number of rotatable bonds is 9. The molecule has 0 fully saturated rings. The first-order valence-electron chi connectivity index (χ1n) is 10.1. The number of hydrogen-bond acceptors (Lipinski definition) is 4. The number of anilines is 1. The maximum atomic E-state index is 13.2. The van der Waals surface area contributed by atoms with Crippen LogP contribution in [0.4, 0.5) is 5.69 Å². The molecule has 1 N–H and O–H groups in total. The van der Waals surface area contributed by atoms with E-state index in [1.54, 1.807) is 42.5 Å². The molecule has 0 bridgehead atoms. The molecular formula is C24H25ClN2O4S. The number of hydrogen-bond donors (Lipinski definition) is 1. The summed E-state index contributed by atoms with van der Waals surface area (Å²) in [6.45, 7) is 4.16. The third-order valence-corrected chi connectivity index (χ3v) is 6.94. The Labute approximate surface area is 193 Å². The van der Waals surface area contributed by atoms with E-state index < -0.39 is 15.9 Å². The molecule has 32 heavy (non-hydrogen) atoms. The molecule has 0 aliphatic heterocycles. The fourth-order valence-corrected chi connectivity index (χ4v) is 4.56. The SMILES string of the molecule is Cc1ccc(OCCNC(=O)CN(c2ccc(Cl)cc2)S(=O)(=O)c2ccccc2)cc1C. The molecule has 8 heteroatoms. The zero-order valence-corrected chi connectivity index (χ0v) is 19.5. The Hall–Kier alpha value is -3.03. The van der Waals surface area contributed by atoms with Gasteiger partial charge in [-0.3, -0.25) is 9.10 Å². The average Bonchev–Trinajstić information content (AvgIpc) is 2.78. The van der Waals surface area contributed by atoms with Gasteiger partial charge >= 0.3 is 0 Å². The quantitative estimate of drug-likeness (QED) is 0.470. The number of ether oxygens (including phenoxy) is 1. The van der Waals surface area contributed by atoms with Crippen LogP contribution >= 0.6 is 11.6 Å². The Morgan fingerprint density at radius 1 is 0.969 bits per heavy atom. The van der Waals surface area contributed by atoms with Crippen molar-refractivity contribution in [2.75, 3.05) is 24.0 Å². The number of carbonyl (C=O) groups is 1. The van der Waals surface area contributed by atoms with E-state index in [0.29, 0.717) is 10.7 Å². The minimum atomic E-state index is -3.95. The van der Waals surface area contributed by atoms with Crippen molar-refractivity contribution in [3.63, 3.8) is 0 Å². The molecule has 0 unspecified atom stereocenters. The fourth-order valence-electron chi connectivity index (χ4n) is 2.99. The lowest BCUT2D eigenvalue weighted by atomic mass is 10.1. The van der Waals surface area contributed by atoms with Crippen molar-refractivity contribution in [3.8, 4) is 5.75 Å². The molecule has 3 rings (SSSR count). The summed E-state index contributed by atoms with van der Waals surface area (Å²) in [5.41, 5.74) is 2.64. The highest BCUT2D eigenvalue weighted by Gasteiger charge is 2.27. The maximum absolute atomic E-state index is 13.2. The number of nitrogens with zero attached hydrogens (tertiary/aromatic N) is 1. The highest BCUT2D eigenvalue weighted by Crippen LogP contribution is 2.25. The number of sulfonamides is 1. The number of carbonyl (C=O) groups excluding carboxylic acids is 1. The Balaban J connectivity index is 1.67. The number of halogens is 1. The van der Waals surface area contributed by atoms with E-state index in [1.165, 1.54) is 17.7 Å². The van der Waals surface area contributed by atoms with Crippen molar-refractivity contribution in [2.45, 2.75) is 18.7 Å². The van der Waals surface area contributed by atoms with Crippen LogP contribution in [0.15, 0.2) is 77.7 Å². The normalized spacial score (nSPS) is 11.1. The van der Waals surface area contributed by atoms with Crippen LogP contribution in [0.3, 0.4) is 0 Å². The van der Waals surface area contributed by atoms with Crippen molar-refractivity contribution >= 4 is 33.2 Å². The lowest BCUT2D eigenvalue weighted by Gasteiger charge is -2.24. The van der Waals surface area contributed by atoms with E-state index in [4.69, 9.17) is 16.3 Å². The molecule has 3 aromatic rings. The highest BCUT2D eigenvalue weighted by molar-refractivity contribution is 7.92. The van der Waals surface area contributed by atoms with Gasteiger partial charge in [-0.25, -0.2) is 8.42 Å². The molecule has 0 saturated carbocycles. The van der Waals surface area contributed by atoms with E-state index in [1.807, 2.05) is 32.0 Å². The Morgan fingerprint density at radius 2 is 1.66 bits per heavy atom. The molecule has 6 nitrogen and oxygen atoms in total. The van der Waals surface area contributed by atoms with Gasteiger partial charge in [0.05, 0.1) is 17.1 Å². The predicted octanol–water partition coefficient (Wildman–Crippen LogP) is 4.35. The molecule has 0 aliphatic rings. The van der Waals surface area contributed by atoms with Crippen molar-refractivity contribution in [1.29, 1.82) is 0 Å². The lowest BCUT2D eigenvalue weighted by Crippen LogP contribution is -2.41. The molecule has 3 aromatic carbocycles. The van der Waals surface area contributed by atoms with Gasteiger partial charge in [-0.1, -0.05) is 35.9 Å². The summed E-state index contributed by atoms with van der Waals surface area (Å²) < 4.78 is 33.2. The van der Waals surface area contributed by atoms with Crippen molar-refractivity contribution < 1.29 is 17.9 Å². The Kier molecular flexibility index (Phi) is 7.77. The molecular weight excluding hydrogens is 448 g/mol. The van der Waals surface area contributed by atoms with Gasteiger partial charge in [0, 0.05) is 5.02 Å². The molecule has 1 amide bonds. The summed E-state index contributed by atoms with van der Waals surface area (Å²) in [7, 11) is -3.95. The first-order valence-corrected chi connectivity index (χ1v) is 11.9. The van der Waals surface area contributed by atoms with E-state index in [2.05, 4.69) is 5.32 Å². The van der Waals surface area contributed by atoms with Crippen molar-refractivity contribution in [1.82, 2.24) is 5.32 Å². The molecule has 0 spiro atoms. The van der Waals surface area contributed by atoms with Crippen LogP contribution in [0, 0.1) is 13.8 Å². The van der Waals surface area contributed by atoms with E-state index in [-0.39, 0.29) is 24.6 Å². The number of aryl methyl sites for hydroxylation is 2. The first-order chi connectivity index (χ1) is 15.3. The Morgan fingerprint density at radius 3 is 2.31 bits per heavy atom. The maximum Gasteiger partial charge on any atom is 0.264 e. The summed E-state index contributed by atoms with van der Waals surface area (Å²) >= 11 is 5.95. The predicted molar refractivity (Wildman–Crippen MR) is 127 cm³/mol. The molecule has 0 aliphatic carbocycles. The second-order valence-electron chi connectivity index (χ2n) is 7.25. The molecule has 0 radical (unpaired) electrons. The number of nitrogens with one attached hydrogen (secondary N) is 1. The average molecular weight is 473 g/mol. The van der Waals surface area contributed by atoms with Gasteiger partial charge in [0.25, 0.3) is 10.0 Å². The smallest absolute Gasteiger partial charge is 0.264 e. The summed E-state index contributed by atoms with van der Waals surface area (Å²) in [4.78, 5) is 12.7. The molecule has 0 atom stereocenters.